The fourth-order valence-electron chi connectivity index (χ4n) is 2.99. The molecule has 0 fully saturated rings. The van der Waals surface area contributed by atoms with Gasteiger partial charge in [0.2, 0.25) is 0 Å². The number of amides is 3. The van der Waals surface area contributed by atoms with Gasteiger partial charge in [-0.05, 0) is 48.0 Å². The Labute approximate surface area is 205 Å². The number of nitrogens with one attached hydrogen (secondary N) is 2. The Morgan fingerprint density at radius 3 is 2.25 bits per heavy atom. The summed E-state index contributed by atoms with van der Waals surface area (Å²) in [7, 11) is 0. The van der Waals surface area contributed by atoms with Crippen molar-refractivity contribution in [2.75, 3.05) is 10.6 Å². The van der Waals surface area contributed by atoms with Crippen LogP contribution in [0.5, 0.6) is 17.2 Å². The van der Waals surface area contributed by atoms with Gasteiger partial charge in [-0.25, -0.2) is 4.79 Å². The smallest absolute Gasteiger partial charge is 0.487 e. The van der Waals surface area contributed by atoms with Crippen LogP contribution in [0.15, 0.2) is 54.7 Å². The standard InChI is InChI=1S/C22H15ClF4N4O5/c23-14-8-12(1-3-16(14)34-10-11-5-6-29-15(7-11)19(28)32)30-20(33)31-13-2-4-17-18(9-13)36-22(26,27)21(24,25)35-17/h1-9H,10H2,(H2,28,32)(H2,30,31,33). The van der Waals surface area contributed by atoms with Gasteiger partial charge in [0.25, 0.3) is 5.91 Å². The minimum atomic E-state index is -4.89. The maximum absolute atomic E-state index is 13.4. The van der Waals surface area contributed by atoms with Gasteiger partial charge in [-0.15, -0.1) is 0 Å². The van der Waals surface area contributed by atoms with Gasteiger partial charge in [0.15, 0.2) is 11.5 Å². The molecule has 0 bridgehead atoms. The first-order chi connectivity index (χ1) is 16.9. The third-order valence-electron chi connectivity index (χ3n) is 4.68. The molecule has 9 nitrogen and oxygen atoms in total. The lowest BCUT2D eigenvalue weighted by Crippen LogP contribution is -2.52. The summed E-state index contributed by atoms with van der Waals surface area (Å²) in [5, 5.41) is 4.97. The Kier molecular flexibility index (Phi) is 6.50. The van der Waals surface area contributed by atoms with E-state index in [0.29, 0.717) is 5.56 Å². The second-order valence-corrected chi connectivity index (χ2v) is 7.73. The van der Waals surface area contributed by atoms with E-state index in [4.69, 9.17) is 22.1 Å². The Bertz CT molecular complexity index is 1340. The normalized spacial score (nSPS) is 15.0. The highest BCUT2D eigenvalue weighted by Gasteiger charge is 2.65. The van der Waals surface area contributed by atoms with Crippen molar-refractivity contribution in [2.45, 2.75) is 18.8 Å². The fourth-order valence-corrected chi connectivity index (χ4v) is 3.23. The van der Waals surface area contributed by atoms with Crippen LogP contribution in [0.25, 0.3) is 0 Å². The molecule has 1 aromatic heterocycles. The summed E-state index contributed by atoms with van der Waals surface area (Å²) in [6, 6.07) is 9.70. The number of halogens is 5. The van der Waals surface area contributed by atoms with Crippen molar-refractivity contribution in [3.63, 3.8) is 0 Å². The van der Waals surface area contributed by atoms with Crippen LogP contribution < -0.4 is 30.6 Å². The summed E-state index contributed by atoms with van der Waals surface area (Å²) in [6.45, 7) is 0.0604. The highest BCUT2D eigenvalue weighted by molar-refractivity contribution is 6.32. The number of nitrogens with zero attached hydrogens (tertiary/aromatic N) is 1. The van der Waals surface area contributed by atoms with E-state index >= 15 is 0 Å². The lowest BCUT2D eigenvalue weighted by molar-refractivity contribution is -0.391. The summed E-state index contributed by atoms with van der Waals surface area (Å²) in [5.41, 5.74) is 6.13. The summed E-state index contributed by atoms with van der Waals surface area (Å²) >= 11 is 6.20. The number of hydrogen-bond acceptors (Lipinski definition) is 6. The van der Waals surface area contributed by atoms with E-state index in [-0.39, 0.29) is 34.4 Å². The van der Waals surface area contributed by atoms with Gasteiger partial charge in [-0.3, -0.25) is 9.78 Å². The number of alkyl halides is 4. The molecule has 3 aromatic rings. The van der Waals surface area contributed by atoms with Crippen molar-refractivity contribution in [1.29, 1.82) is 0 Å². The number of benzene rings is 2. The highest BCUT2D eigenvalue weighted by Crippen LogP contribution is 2.47. The average Bonchev–Trinajstić information content (AvgIpc) is 2.79. The fraction of sp³-hybridized carbons (Fsp3) is 0.136. The molecule has 2 heterocycles. The number of pyridine rings is 1. The second-order valence-electron chi connectivity index (χ2n) is 7.33. The molecule has 1 aliphatic heterocycles. The maximum atomic E-state index is 13.4. The van der Waals surface area contributed by atoms with Crippen LogP contribution in [0.4, 0.5) is 33.7 Å². The van der Waals surface area contributed by atoms with E-state index in [1.807, 2.05) is 0 Å². The SMILES string of the molecule is NC(=O)c1cc(COc2ccc(NC(=O)Nc3ccc4c(c3)OC(F)(F)C(F)(F)O4)cc2Cl)ccn1. The van der Waals surface area contributed by atoms with Crippen LogP contribution in [0.1, 0.15) is 16.1 Å². The quantitative estimate of drug-likeness (QED) is 0.388. The predicted octanol–water partition coefficient (Wildman–Crippen LogP) is 5.01. The number of nitrogens with two attached hydrogens (primary N) is 1. The number of carbonyl (C=O) groups excluding carboxylic acids is 2. The van der Waals surface area contributed by atoms with Crippen molar-refractivity contribution in [1.82, 2.24) is 4.98 Å². The summed E-state index contributed by atoms with van der Waals surface area (Å²) in [6.07, 6.45) is -8.32. The second kappa shape index (κ2) is 9.41. The molecule has 14 heteroatoms. The number of rotatable bonds is 6. The van der Waals surface area contributed by atoms with Crippen LogP contribution >= 0.6 is 11.6 Å². The van der Waals surface area contributed by atoms with Crippen molar-refractivity contribution in [3.8, 4) is 17.2 Å². The average molecular weight is 527 g/mol. The minimum absolute atomic E-state index is 0.0328. The van der Waals surface area contributed by atoms with Crippen molar-refractivity contribution in [3.05, 3.63) is 71.0 Å². The van der Waals surface area contributed by atoms with Crippen LogP contribution in [0.2, 0.25) is 5.02 Å². The maximum Gasteiger partial charge on any atom is 0.507 e. The van der Waals surface area contributed by atoms with Gasteiger partial charge in [0, 0.05) is 23.6 Å². The molecule has 0 atom stereocenters. The summed E-state index contributed by atoms with van der Waals surface area (Å²) < 4.78 is 66.9. The number of fused-ring (bicyclic) bond motifs is 1. The van der Waals surface area contributed by atoms with Gasteiger partial charge >= 0.3 is 18.2 Å². The summed E-state index contributed by atoms with van der Waals surface area (Å²) in [5.74, 6) is -1.69. The van der Waals surface area contributed by atoms with Crippen molar-refractivity contribution >= 4 is 34.9 Å². The predicted molar refractivity (Wildman–Crippen MR) is 119 cm³/mol. The zero-order valence-electron chi connectivity index (χ0n) is 17.9. The van der Waals surface area contributed by atoms with Gasteiger partial charge in [-0.1, -0.05) is 11.6 Å². The van der Waals surface area contributed by atoms with Crippen LogP contribution in [-0.2, 0) is 6.61 Å². The molecule has 1 aliphatic rings. The first-order valence-corrected chi connectivity index (χ1v) is 10.3. The first kappa shape index (κ1) is 24.9. The third kappa shape index (κ3) is 5.35. The van der Waals surface area contributed by atoms with Crippen molar-refractivity contribution in [2.24, 2.45) is 5.73 Å². The van der Waals surface area contributed by atoms with E-state index in [1.165, 1.54) is 30.5 Å². The molecule has 4 N–H and O–H groups in total. The minimum Gasteiger partial charge on any atom is -0.487 e. The number of aromatic nitrogens is 1. The monoisotopic (exact) mass is 526 g/mol. The lowest BCUT2D eigenvalue weighted by Gasteiger charge is -2.31. The Morgan fingerprint density at radius 2 is 1.58 bits per heavy atom. The van der Waals surface area contributed by atoms with Gasteiger partial charge in [0.1, 0.15) is 18.1 Å². The van der Waals surface area contributed by atoms with Gasteiger partial charge in [-0.2, -0.15) is 17.6 Å². The zero-order valence-corrected chi connectivity index (χ0v) is 18.6. The van der Waals surface area contributed by atoms with Crippen LogP contribution in [0.3, 0.4) is 0 Å². The highest BCUT2D eigenvalue weighted by atomic mass is 35.5. The molecule has 0 saturated heterocycles. The topological polar surface area (TPSA) is 125 Å². The first-order valence-electron chi connectivity index (χ1n) is 9.96. The van der Waals surface area contributed by atoms with Gasteiger partial charge < -0.3 is 30.6 Å². The number of carbonyl (C=O) groups is 2. The van der Waals surface area contributed by atoms with Gasteiger partial charge in [0.05, 0.1) is 5.02 Å². The number of primary amides is 1. The van der Waals surface area contributed by atoms with E-state index in [1.54, 1.807) is 6.07 Å². The van der Waals surface area contributed by atoms with E-state index < -0.39 is 35.7 Å². The van der Waals surface area contributed by atoms with E-state index in [0.717, 1.165) is 18.2 Å². The molecule has 2 aromatic carbocycles. The molecular formula is C22H15ClF4N4O5. The zero-order chi connectivity index (χ0) is 26.1. The molecule has 0 spiro atoms. The number of hydrogen-bond donors (Lipinski definition) is 3. The van der Waals surface area contributed by atoms with E-state index in [9.17, 15) is 27.2 Å². The molecule has 0 unspecified atom stereocenters. The van der Waals surface area contributed by atoms with Crippen LogP contribution in [-0.4, -0.2) is 29.1 Å². The molecule has 0 aliphatic carbocycles. The molecule has 0 radical (unpaired) electrons. The molecule has 3 amide bonds. The lowest BCUT2D eigenvalue weighted by atomic mass is 10.2. The molecule has 188 valence electrons. The number of anilines is 2. The van der Waals surface area contributed by atoms with Crippen LogP contribution in [0, 0.1) is 0 Å². The van der Waals surface area contributed by atoms with E-state index in [2.05, 4.69) is 25.1 Å². The Morgan fingerprint density at radius 1 is 0.944 bits per heavy atom. The van der Waals surface area contributed by atoms with Crippen molar-refractivity contribution < 1.29 is 41.4 Å². The molecule has 4 rings (SSSR count). The molecular weight excluding hydrogens is 512 g/mol. The number of ether oxygens (including phenoxy) is 3. The Balaban J connectivity index is 1.37. The summed E-state index contributed by atoms with van der Waals surface area (Å²) in [4.78, 5) is 27.4. The largest absolute Gasteiger partial charge is 0.507 e. The molecule has 36 heavy (non-hydrogen) atoms. The number of urea groups is 1. The Hall–Kier alpha value is -4.26. The third-order valence-corrected chi connectivity index (χ3v) is 4.97. The molecule has 0 saturated carbocycles.